The zero-order valence-electron chi connectivity index (χ0n) is 74.3. The smallest absolute Gasteiger partial charge is 1.00 e. The molecule has 5 atom stereocenters. The molecule has 0 aliphatic carbocycles. The molecule has 3 aromatic rings. The van der Waals surface area contributed by atoms with Gasteiger partial charge in [0, 0.05) is 97.2 Å². The maximum atomic E-state index is 12.1. The first-order valence-corrected chi connectivity index (χ1v) is 38.4. The van der Waals surface area contributed by atoms with Gasteiger partial charge in [-0.2, -0.15) is 0 Å². The number of carbonyl (C=O) groups excluding carboxylic acids is 9. The number of carbonyl (C=O) groups is 10. The Morgan fingerprint density at radius 2 is 0.828 bits per heavy atom. The Hall–Kier alpha value is -7.85. The second-order valence-corrected chi connectivity index (χ2v) is 37.6. The molecule has 2 fully saturated rings. The first-order chi connectivity index (χ1) is 51.0. The molecule has 2 aliphatic rings. The van der Waals surface area contributed by atoms with Crippen LogP contribution >= 0.6 is 7.26 Å². The second kappa shape index (κ2) is 62.3. The number of cyclic esters (lactones) is 2. The largest absolute Gasteiger partial charge is 1.00 e. The number of halogens is 1. The molecule has 31 nitrogen and oxygen atoms in total. The van der Waals surface area contributed by atoms with Crippen molar-refractivity contribution in [1.29, 1.82) is 0 Å². The minimum atomic E-state index is -1.78. The molecule has 0 spiro atoms. The van der Waals surface area contributed by atoms with Crippen molar-refractivity contribution in [2.75, 3.05) is 96.3 Å². The van der Waals surface area contributed by atoms with Crippen molar-refractivity contribution in [3.8, 4) is 0 Å². The maximum absolute atomic E-state index is 12.1. The molecule has 5 rings (SSSR count). The predicted octanol–water partition coefficient (Wildman–Crippen LogP) is 8.19. The minimum Gasteiger partial charge on any atom is -1.00 e. The maximum Gasteiger partial charge on any atom is 1.00 e. The standard InChI is InChI=1S/C20H20OP.C13H25NO5.C13H23NO5.C11H24N2O.C9H17NO5.C9H15NO4.C6H10O3.7CH4.ClH.Li.H2O/c1-21-17-22(18-11-5-2-6-12-18,19-13-7-3-8-14-19)20-15-9-4-10-16-20;2*1-12(2,3)19-10(16)9(13(4,5)8-15)18-11(17)14(6)7;1-8(2)12-10(13-9(3)4)14-11(5,6)7;1-9(2,5-11)6(7(12)13)15-8(14)10(3)4;1-9(2)5-13-7(11)6(9)14-8(12)10(3)4;1-6(2)3-9-5(8)4(6)7;;;;;;;;;;/h2-16H,17H2,1H3;9,15H,8H2,1-7H3;8-9H,1-7H3;8-9H,1-7H3,(H,12,13);6,11H,5H2,1-4H3,(H,12,13);6H,5H2,1-4H3;4,7H,3H2,1-2H3;7*1H4;1H;;1H2/q+1;;;;;;;;;;;;;;;+1;/p-2. The van der Waals surface area contributed by atoms with E-state index in [-0.39, 0.29) is 120 Å². The van der Waals surface area contributed by atoms with Crippen LogP contribution in [0.2, 0.25) is 0 Å². The molecule has 0 radical (unpaired) electrons. The SMILES string of the molecule is C.C.C.C.C.C.C.CC(C)N=C(NC(C)C)OC(C)(C)C.CC1(C)COC(=O)C1O.CN(C)C(=O)OC(C(=O)O)C(C)(C)CO.CN(C)C(=O)OC(C(=O)OC(C)(C)C)C(C)(C)C=O.CN(C)C(=O)OC(C(=O)OC(C)(C)C)C(C)(C)CO.CN(C)C(=O)OC1C(=O)OCC1(C)C.COC[P+](c1ccccc1)(c1ccccc1)c1ccccc1.[Cl-].[Li+].[OH-]. The van der Waals surface area contributed by atoms with Crippen molar-refractivity contribution in [3.63, 3.8) is 0 Å². The first kappa shape index (κ1) is 140. The number of amidine groups is 1. The number of esters is 4. The molecule has 0 aromatic heterocycles. The predicted molar refractivity (Wildman–Crippen MR) is 480 cm³/mol. The summed E-state index contributed by atoms with van der Waals surface area (Å²) in [5.41, 5.74) is -5.54. The number of methoxy groups -OCH3 is 1. The third kappa shape index (κ3) is 51.4. The summed E-state index contributed by atoms with van der Waals surface area (Å²) in [5.74, 6) is -3.64. The molecule has 2 saturated heterocycles. The molecule has 34 heteroatoms. The normalized spacial score (nSPS) is 14.6. The van der Waals surface area contributed by atoms with Crippen LogP contribution in [0.25, 0.3) is 0 Å². The number of ether oxygens (including phenoxy) is 10. The van der Waals surface area contributed by atoms with Gasteiger partial charge in [0.25, 0.3) is 6.02 Å². The third-order valence-corrected chi connectivity index (χ3v) is 19.4. The molecule has 0 saturated carbocycles. The summed E-state index contributed by atoms with van der Waals surface area (Å²) in [6.07, 6.45) is -6.87. The monoisotopic (exact) mass is 1780 g/mol. The van der Waals surface area contributed by atoms with Crippen LogP contribution in [0.1, 0.15) is 211 Å². The van der Waals surface area contributed by atoms with Gasteiger partial charge in [0.05, 0.1) is 25.2 Å². The Morgan fingerprint density at radius 1 is 0.525 bits per heavy atom. The van der Waals surface area contributed by atoms with Crippen LogP contribution < -0.4 is 52.5 Å². The van der Waals surface area contributed by atoms with Crippen LogP contribution in [-0.2, 0) is 76.1 Å². The molecular weight excluding hydrogens is 1610 g/mol. The molecule has 0 bridgehead atoms. The zero-order chi connectivity index (χ0) is 87.7. The molecule has 122 heavy (non-hydrogen) atoms. The van der Waals surface area contributed by atoms with E-state index in [4.69, 9.17) is 58.0 Å². The van der Waals surface area contributed by atoms with Crippen LogP contribution in [0.5, 0.6) is 0 Å². The van der Waals surface area contributed by atoms with Crippen molar-refractivity contribution >= 4 is 89.7 Å². The van der Waals surface area contributed by atoms with E-state index >= 15 is 0 Å². The van der Waals surface area contributed by atoms with E-state index in [1.165, 1.54) is 101 Å². The summed E-state index contributed by atoms with van der Waals surface area (Å²) < 4.78 is 51.2. The average Bonchev–Trinajstić information content (AvgIpc) is 1.14. The van der Waals surface area contributed by atoms with Gasteiger partial charge in [-0.15, -0.1) is 0 Å². The van der Waals surface area contributed by atoms with E-state index in [9.17, 15) is 53.1 Å². The first-order valence-electron chi connectivity index (χ1n) is 36.5. The number of aliphatic hydroxyl groups excluding tert-OH is 3. The number of hydrogen-bond acceptors (Lipinski definition) is 25. The van der Waals surface area contributed by atoms with Crippen LogP contribution in [-0.4, -0.2) is 268 Å². The molecule has 5 unspecified atom stereocenters. The Labute approximate surface area is 753 Å². The van der Waals surface area contributed by atoms with Crippen molar-refractivity contribution in [1.82, 2.24) is 24.9 Å². The molecule has 708 valence electrons. The van der Waals surface area contributed by atoms with E-state index in [1.807, 2.05) is 48.5 Å². The van der Waals surface area contributed by atoms with Crippen LogP contribution in [0.15, 0.2) is 96.0 Å². The number of aldehydes is 1. The molecule has 3 aromatic carbocycles. The Kier molecular flexibility index (Phi) is 71.5. The summed E-state index contributed by atoms with van der Waals surface area (Å²) >= 11 is 0. The van der Waals surface area contributed by atoms with E-state index in [0.717, 1.165) is 4.90 Å². The van der Waals surface area contributed by atoms with Crippen molar-refractivity contribution < 1.29 is 152 Å². The molecule has 6 N–H and O–H groups in total. The van der Waals surface area contributed by atoms with Gasteiger partial charge in [-0.05, 0) is 140 Å². The summed E-state index contributed by atoms with van der Waals surface area (Å²) in [4.78, 5) is 123. The number of aliphatic hydroxyl groups is 3. The molecule has 4 amide bonds. The Bertz CT molecular complexity index is 3360. The number of benzene rings is 3. The third-order valence-electron chi connectivity index (χ3n) is 15.2. The fourth-order valence-electron chi connectivity index (χ4n) is 8.78. The summed E-state index contributed by atoms with van der Waals surface area (Å²) in [5, 5.41) is 43.5. The van der Waals surface area contributed by atoms with Gasteiger partial charge < -0.3 is 115 Å². The topological polar surface area (TPSA) is 411 Å². The van der Waals surface area contributed by atoms with Gasteiger partial charge in [0.15, 0.2) is 12.5 Å². The van der Waals surface area contributed by atoms with Gasteiger partial charge in [-0.3, -0.25) is 0 Å². The summed E-state index contributed by atoms with van der Waals surface area (Å²) in [6, 6.07) is 33.5. The fourth-order valence-corrected chi connectivity index (χ4v) is 12.6. The van der Waals surface area contributed by atoms with Crippen LogP contribution in [0.4, 0.5) is 19.2 Å². The fraction of sp³-hybridized carbons (Fsp3) is 0.670. The molecule has 2 aliphatic heterocycles. The summed E-state index contributed by atoms with van der Waals surface area (Å²) in [6.45, 7) is 41.0. The number of aliphatic carboxylic acids is 1. The van der Waals surface area contributed by atoms with E-state index < -0.39 is 130 Å². The number of carboxylic acid groups (broad SMARTS) is 1. The van der Waals surface area contributed by atoms with Gasteiger partial charge in [-0.25, -0.2) is 48.1 Å². The van der Waals surface area contributed by atoms with Gasteiger partial charge in [0.1, 0.15) is 52.9 Å². The van der Waals surface area contributed by atoms with Gasteiger partial charge in [-0.1, -0.05) is 162 Å². The molecule has 2 heterocycles. The van der Waals surface area contributed by atoms with E-state index in [2.05, 4.69) is 120 Å². The quantitative estimate of drug-likeness (QED) is 0.0135. The zero-order valence-corrected chi connectivity index (χ0v) is 75.9. The Morgan fingerprint density at radius 3 is 1.07 bits per heavy atom. The van der Waals surface area contributed by atoms with E-state index in [1.54, 1.807) is 90.4 Å². The number of rotatable bonds is 20. The molecular formula is C88H163ClLiN6O25P. The summed E-state index contributed by atoms with van der Waals surface area (Å²) in [7, 11) is 12.1. The Balaban J connectivity index is -0.000000116. The van der Waals surface area contributed by atoms with Crippen LogP contribution in [0.3, 0.4) is 0 Å². The van der Waals surface area contributed by atoms with Gasteiger partial charge in [0.2, 0.25) is 24.4 Å². The number of carboxylic acids is 1. The van der Waals surface area contributed by atoms with Crippen molar-refractivity contribution in [2.45, 2.75) is 271 Å². The second-order valence-electron chi connectivity index (χ2n) is 34.1. The number of aliphatic imine (C=N–C) groups is 1. The number of nitrogens with zero attached hydrogens (tertiary/aromatic N) is 5. The number of hydrogen-bond donors (Lipinski definition) is 5. The minimum absolute atomic E-state index is 0. The van der Waals surface area contributed by atoms with Crippen molar-refractivity contribution in [3.05, 3.63) is 91.0 Å². The number of amides is 4. The average molecular weight is 1780 g/mol. The van der Waals surface area contributed by atoms with Gasteiger partial charge >= 0.3 is 73.1 Å². The van der Waals surface area contributed by atoms with E-state index in [0.29, 0.717) is 31.3 Å². The van der Waals surface area contributed by atoms with Crippen LogP contribution in [0, 0.1) is 27.1 Å². The number of nitrogens with one attached hydrogen (secondary N) is 1. The van der Waals surface area contributed by atoms with Crippen molar-refractivity contribution in [2.24, 2.45) is 32.1 Å².